The van der Waals surface area contributed by atoms with Crippen LogP contribution in [-0.2, 0) is 4.74 Å². The third kappa shape index (κ3) is 2.96. The third-order valence-corrected chi connectivity index (χ3v) is 2.06. The molecule has 0 bridgehead atoms. The highest BCUT2D eigenvalue weighted by Crippen LogP contribution is 2.28. The summed E-state index contributed by atoms with van der Waals surface area (Å²) >= 11 is 0. The molecule has 0 unspecified atom stereocenters. The van der Waals surface area contributed by atoms with Crippen molar-refractivity contribution in [2.75, 3.05) is 13.4 Å². The minimum Gasteiger partial charge on any atom is -0.466 e. The Labute approximate surface area is 81.9 Å². The Hall–Kier alpha value is -1.16. The van der Waals surface area contributed by atoms with Crippen LogP contribution in [-0.4, -0.2) is 18.4 Å². The molecule has 2 rings (SSSR count). The molecule has 4 heteroatoms. The normalized spacial score (nSPS) is 15.5. The Bertz CT molecular complexity index is 285. The summed E-state index contributed by atoms with van der Waals surface area (Å²) in [6.07, 6.45) is 3.87. The Morgan fingerprint density at radius 2 is 2.29 bits per heavy atom. The maximum Gasteiger partial charge on any atom is 0.213 e. The van der Waals surface area contributed by atoms with Gasteiger partial charge in [-0.15, -0.1) is 0 Å². The van der Waals surface area contributed by atoms with E-state index in [-0.39, 0.29) is 6.79 Å². The summed E-state index contributed by atoms with van der Waals surface area (Å²) in [6, 6.07) is 2.79. The molecule has 0 saturated heterocycles. The number of hydrogen-bond donors (Lipinski definition) is 0. The summed E-state index contributed by atoms with van der Waals surface area (Å²) in [6.45, 7) is 0.971. The Balaban J connectivity index is 1.66. The van der Waals surface area contributed by atoms with Crippen LogP contribution in [0.15, 0.2) is 18.3 Å². The third-order valence-electron chi connectivity index (χ3n) is 2.06. The molecule has 0 amide bonds. The summed E-state index contributed by atoms with van der Waals surface area (Å²) in [5.74, 6) is 0.753. The van der Waals surface area contributed by atoms with Gasteiger partial charge < -0.3 is 9.47 Å². The van der Waals surface area contributed by atoms with Crippen molar-refractivity contribution < 1.29 is 13.9 Å². The summed E-state index contributed by atoms with van der Waals surface area (Å²) < 4.78 is 22.8. The van der Waals surface area contributed by atoms with Crippen molar-refractivity contribution in [3.8, 4) is 5.75 Å². The summed E-state index contributed by atoms with van der Waals surface area (Å²) in [5, 5.41) is 0. The van der Waals surface area contributed by atoms with Crippen LogP contribution in [0.25, 0.3) is 0 Å². The van der Waals surface area contributed by atoms with E-state index in [9.17, 15) is 4.39 Å². The first-order chi connectivity index (χ1) is 6.84. The highest BCUT2D eigenvalue weighted by Gasteiger charge is 2.20. The number of nitrogens with zero attached hydrogens (tertiary/aromatic N) is 1. The quantitative estimate of drug-likeness (QED) is 0.411. The lowest BCUT2D eigenvalue weighted by atomic mass is 10.5. The van der Waals surface area contributed by atoms with Gasteiger partial charge in [-0.1, -0.05) is 0 Å². The second-order valence-corrected chi connectivity index (χ2v) is 3.39. The van der Waals surface area contributed by atoms with E-state index >= 15 is 0 Å². The number of hydrogen-bond acceptors (Lipinski definition) is 3. The van der Waals surface area contributed by atoms with Crippen molar-refractivity contribution in [3.05, 3.63) is 24.3 Å². The molecule has 1 aliphatic carbocycles. The van der Waals surface area contributed by atoms with Crippen molar-refractivity contribution in [3.63, 3.8) is 0 Å². The topological polar surface area (TPSA) is 31.4 Å². The Morgan fingerprint density at radius 1 is 1.43 bits per heavy atom. The van der Waals surface area contributed by atoms with E-state index in [1.54, 1.807) is 0 Å². The first-order valence-corrected chi connectivity index (χ1v) is 4.67. The zero-order chi connectivity index (χ0) is 9.80. The van der Waals surface area contributed by atoms with Crippen LogP contribution in [0.3, 0.4) is 0 Å². The minimum atomic E-state index is -0.503. The molecule has 1 heterocycles. The standard InChI is InChI=1S/C10H12FNO2/c11-10-4-3-9(5-12-10)14-7-13-6-8-1-2-8/h3-5,8H,1-2,6-7H2. The van der Waals surface area contributed by atoms with Gasteiger partial charge >= 0.3 is 0 Å². The maximum atomic E-state index is 12.4. The Morgan fingerprint density at radius 3 is 2.93 bits per heavy atom. The molecule has 0 spiro atoms. The van der Waals surface area contributed by atoms with E-state index in [0.717, 1.165) is 12.5 Å². The molecule has 14 heavy (non-hydrogen) atoms. The van der Waals surface area contributed by atoms with Gasteiger partial charge in [-0.05, 0) is 30.9 Å². The first-order valence-electron chi connectivity index (χ1n) is 4.67. The molecule has 0 N–H and O–H groups in total. The fraction of sp³-hybridized carbons (Fsp3) is 0.500. The lowest BCUT2D eigenvalue weighted by Gasteiger charge is -2.05. The van der Waals surface area contributed by atoms with E-state index in [4.69, 9.17) is 9.47 Å². The summed E-state index contributed by atoms with van der Waals surface area (Å²) in [5.41, 5.74) is 0. The largest absolute Gasteiger partial charge is 0.466 e. The summed E-state index contributed by atoms with van der Waals surface area (Å²) in [7, 11) is 0. The zero-order valence-corrected chi connectivity index (χ0v) is 7.78. The minimum absolute atomic E-state index is 0.212. The van der Waals surface area contributed by atoms with Gasteiger partial charge in [0.25, 0.3) is 0 Å². The van der Waals surface area contributed by atoms with E-state index in [1.807, 2.05) is 0 Å². The zero-order valence-electron chi connectivity index (χ0n) is 7.78. The van der Waals surface area contributed by atoms with Crippen molar-refractivity contribution in [1.29, 1.82) is 0 Å². The fourth-order valence-corrected chi connectivity index (χ4v) is 1.06. The van der Waals surface area contributed by atoms with Gasteiger partial charge in [0.1, 0.15) is 5.75 Å². The molecule has 0 aromatic carbocycles. The second kappa shape index (κ2) is 4.37. The number of aromatic nitrogens is 1. The maximum absolute atomic E-state index is 12.4. The molecule has 1 aromatic rings. The van der Waals surface area contributed by atoms with Crippen LogP contribution in [0.4, 0.5) is 4.39 Å². The van der Waals surface area contributed by atoms with Crippen LogP contribution in [0.2, 0.25) is 0 Å². The second-order valence-electron chi connectivity index (χ2n) is 3.39. The van der Waals surface area contributed by atoms with E-state index in [2.05, 4.69) is 4.98 Å². The summed E-state index contributed by atoms with van der Waals surface area (Å²) in [4.78, 5) is 3.46. The average molecular weight is 197 g/mol. The van der Waals surface area contributed by atoms with Gasteiger partial charge in [0, 0.05) is 0 Å². The van der Waals surface area contributed by atoms with Crippen LogP contribution < -0.4 is 4.74 Å². The van der Waals surface area contributed by atoms with Gasteiger partial charge in [0.05, 0.1) is 12.8 Å². The molecule has 76 valence electrons. The van der Waals surface area contributed by atoms with Crippen molar-refractivity contribution in [2.45, 2.75) is 12.8 Å². The van der Waals surface area contributed by atoms with Crippen molar-refractivity contribution in [1.82, 2.24) is 4.98 Å². The van der Waals surface area contributed by atoms with Gasteiger partial charge in [0.2, 0.25) is 5.95 Å². The molecular formula is C10H12FNO2. The monoisotopic (exact) mass is 197 g/mol. The van der Waals surface area contributed by atoms with E-state index < -0.39 is 5.95 Å². The molecule has 3 nitrogen and oxygen atoms in total. The lowest BCUT2D eigenvalue weighted by Crippen LogP contribution is -2.05. The van der Waals surface area contributed by atoms with Crippen molar-refractivity contribution in [2.24, 2.45) is 5.92 Å². The van der Waals surface area contributed by atoms with Crippen molar-refractivity contribution >= 4 is 0 Å². The molecule has 1 aliphatic rings. The van der Waals surface area contributed by atoms with Gasteiger partial charge in [-0.2, -0.15) is 4.39 Å². The molecule has 1 saturated carbocycles. The van der Waals surface area contributed by atoms with Crippen LogP contribution in [0, 0.1) is 11.9 Å². The predicted molar refractivity (Wildman–Crippen MR) is 48.4 cm³/mol. The molecule has 0 atom stereocenters. The smallest absolute Gasteiger partial charge is 0.213 e. The highest BCUT2D eigenvalue weighted by atomic mass is 19.1. The van der Waals surface area contributed by atoms with Crippen LogP contribution >= 0.6 is 0 Å². The molecule has 0 aliphatic heterocycles. The molecule has 1 fully saturated rings. The van der Waals surface area contributed by atoms with Gasteiger partial charge in [-0.25, -0.2) is 4.98 Å². The predicted octanol–water partition coefficient (Wildman–Crippen LogP) is 1.98. The van der Waals surface area contributed by atoms with Crippen LogP contribution in [0.1, 0.15) is 12.8 Å². The fourth-order valence-electron chi connectivity index (χ4n) is 1.06. The number of halogens is 1. The SMILES string of the molecule is Fc1ccc(OCOCC2CC2)cn1. The molecule has 1 aromatic heterocycles. The van der Waals surface area contributed by atoms with E-state index in [0.29, 0.717) is 5.75 Å². The van der Waals surface area contributed by atoms with E-state index in [1.165, 1.54) is 31.2 Å². The van der Waals surface area contributed by atoms with Gasteiger partial charge in [0.15, 0.2) is 6.79 Å². The average Bonchev–Trinajstić information content (AvgIpc) is 2.99. The Kier molecular flexibility index (Phi) is 2.93. The van der Waals surface area contributed by atoms with Crippen LogP contribution in [0.5, 0.6) is 5.75 Å². The highest BCUT2D eigenvalue weighted by molar-refractivity contribution is 5.15. The molecular weight excluding hydrogens is 185 g/mol. The number of pyridine rings is 1. The van der Waals surface area contributed by atoms with Gasteiger partial charge in [-0.3, -0.25) is 0 Å². The number of ether oxygens (including phenoxy) is 2. The first kappa shape index (κ1) is 9.40. The lowest BCUT2D eigenvalue weighted by molar-refractivity contribution is 0.00971. The molecule has 0 radical (unpaired) electrons. The number of rotatable bonds is 5.